The molecule has 22 heavy (non-hydrogen) atoms. The van der Waals surface area contributed by atoms with Gasteiger partial charge in [-0.1, -0.05) is 0 Å². The van der Waals surface area contributed by atoms with E-state index in [-0.39, 0.29) is 0 Å². The lowest BCUT2D eigenvalue weighted by Gasteiger charge is -2.20. The predicted octanol–water partition coefficient (Wildman–Crippen LogP) is 3.88. The largest absolute Gasteiger partial charge is 0.444 e. The van der Waals surface area contributed by atoms with Crippen LogP contribution in [0.1, 0.15) is 26.3 Å². The number of hydrogen-bond donors (Lipinski definition) is 2. The molecule has 0 saturated carbocycles. The van der Waals surface area contributed by atoms with Crippen LogP contribution in [0.3, 0.4) is 0 Å². The normalized spacial score (nSPS) is 10.9. The van der Waals surface area contributed by atoms with E-state index in [1.165, 1.54) is 0 Å². The average molecular weight is 300 g/mol. The van der Waals surface area contributed by atoms with Gasteiger partial charge in [0, 0.05) is 23.8 Å². The SMILES string of the molecule is Cc1cc(NC(=O)OC(C)(C)C)ccc1Nc1ncccn1. The number of ether oxygens (including phenoxy) is 1. The van der Waals surface area contributed by atoms with Crippen LogP contribution in [0.4, 0.5) is 22.1 Å². The van der Waals surface area contributed by atoms with Gasteiger partial charge in [0.05, 0.1) is 0 Å². The minimum absolute atomic E-state index is 0.473. The molecular weight excluding hydrogens is 280 g/mol. The van der Waals surface area contributed by atoms with Crippen molar-refractivity contribution in [1.29, 1.82) is 0 Å². The Morgan fingerprint density at radius 2 is 1.86 bits per heavy atom. The van der Waals surface area contributed by atoms with Crippen molar-refractivity contribution in [3.63, 3.8) is 0 Å². The fourth-order valence-electron chi connectivity index (χ4n) is 1.79. The van der Waals surface area contributed by atoms with Crippen LogP contribution in [0.15, 0.2) is 36.7 Å². The molecule has 1 aromatic carbocycles. The van der Waals surface area contributed by atoms with Gasteiger partial charge in [0.25, 0.3) is 0 Å². The Bertz CT molecular complexity index is 651. The van der Waals surface area contributed by atoms with Gasteiger partial charge in [-0.2, -0.15) is 0 Å². The van der Waals surface area contributed by atoms with Gasteiger partial charge < -0.3 is 10.1 Å². The third kappa shape index (κ3) is 4.73. The van der Waals surface area contributed by atoms with Crippen LogP contribution in [0.2, 0.25) is 0 Å². The van der Waals surface area contributed by atoms with Crippen LogP contribution in [-0.2, 0) is 4.74 Å². The molecule has 6 heteroatoms. The number of carbonyl (C=O) groups is 1. The first-order chi connectivity index (χ1) is 10.3. The van der Waals surface area contributed by atoms with Gasteiger partial charge in [0.2, 0.25) is 5.95 Å². The summed E-state index contributed by atoms with van der Waals surface area (Å²) in [6.45, 7) is 7.41. The fourth-order valence-corrected chi connectivity index (χ4v) is 1.79. The molecule has 0 saturated heterocycles. The molecule has 2 N–H and O–H groups in total. The van der Waals surface area contributed by atoms with Gasteiger partial charge in [-0.25, -0.2) is 14.8 Å². The summed E-state index contributed by atoms with van der Waals surface area (Å²) in [5, 5.41) is 5.83. The van der Waals surface area contributed by atoms with E-state index in [9.17, 15) is 4.79 Å². The van der Waals surface area contributed by atoms with Crippen molar-refractivity contribution in [3.8, 4) is 0 Å². The van der Waals surface area contributed by atoms with Crippen LogP contribution in [-0.4, -0.2) is 21.7 Å². The summed E-state index contributed by atoms with van der Waals surface area (Å²) >= 11 is 0. The van der Waals surface area contributed by atoms with E-state index in [0.717, 1.165) is 11.3 Å². The molecule has 1 aromatic heterocycles. The first-order valence-electron chi connectivity index (χ1n) is 6.98. The number of nitrogens with zero attached hydrogens (tertiary/aromatic N) is 2. The lowest BCUT2D eigenvalue weighted by molar-refractivity contribution is 0.0636. The molecule has 1 amide bonds. The van der Waals surface area contributed by atoms with E-state index < -0.39 is 11.7 Å². The van der Waals surface area contributed by atoms with Crippen LogP contribution in [0.25, 0.3) is 0 Å². The number of benzene rings is 1. The Hall–Kier alpha value is -2.63. The third-order valence-corrected chi connectivity index (χ3v) is 2.68. The Kier molecular flexibility index (Phi) is 4.60. The molecule has 0 atom stereocenters. The van der Waals surface area contributed by atoms with Crippen LogP contribution in [0, 0.1) is 6.92 Å². The van der Waals surface area contributed by atoms with Crippen molar-refractivity contribution in [2.45, 2.75) is 33.3 Å². The van der Waals surface area contributed by atoms with Crippen molar-refractivity contribution in [2.75, 3.05) is 10.6 Å². The maximum atomic E-state index is 11.7. The minimum Gasteiger partial charge on any atom is -0.444 e. The Morgan fingerprint density at radius 3 is 2.45 bits per heavy atom. The second-order valence-electron chi connectivity index (χ2n) is 5.85. The van der Waals surface area contributed by atoms with Crippen molar-refractivity contribution >= 4 is 23.4 Å². The number of nitrogens with one attached hydrogen (secondary N) is 2. The van der Waals surface area contributed by atoms with Gasteiger partial charge >= 0.3 is 6.09 Å². The molecule has 0 aliphatic heterocycles. The number of hydrogen-bond acceptors (Lipinski definition) is 5. The number of rotatable bonds is 3. The molecule has 0 unspecified atom stereocenters. The molecule has 0 fully saturated rings. The summed E-state index contributed by atoms with van der Waals surface area (Å²) in [6.07, 6.45) is 2.87. The summed E-state index contributed by atoms with van der Waals surface area (Å²) < 4.78 is 5.22. The van der Waals surface area contributed by atoms with Crippen molar-refractivity contribution in [1.82, 2.24) is 9.97 Å². The number of carbonyl (C=O) groups excluding carboxylic acids is 1. The van der Waals surface area contributed by atoms with Crippen LogP contribution in [0.5, 0.6) is 0 Å². The standard InChI is InChI=1S/C16H20N4O2/c1-11-10-12(19-15(21)22-16(2,3)4)6-7-13(11)20-14-17-8-5-9-18-14/h5-10H,1-4H3,(H,19,21)(H,17,18,20). The van der Waals surface area contributed by atoms with E-state index in [1.807, 2.05) is 39.8 Å². The molecule has 2 aromatic rings. The Balaban J connectivity index is 2.05. The monoisotopic (exact) mass is 300 g/mol. The highest BCUT2D eigenvalue weighted by molar-refractivity contribution is 5.85. The van der Waals surface area contributed by atoms with Crippen LogP contribution < -0.4 is 10.6 Å². The van der Waals surface area contributed by atoms with Crippen LogP contribution >= 0.6 is 0 Å². The summed E-state index contributed by atoms with van der Waals surface area (Å²) in [4.78, 5) is 20.0. The Morgan fingerprint density at radius 1 is 1.18 bits per heavy atom. The van der Waals surface area contributed by atoms with Crippen molar-refractivity contribution in [2.24, 2.45) is 0 Å². The summed E-state index contributed by atoms with van der Waals surface area (Å²) in [5.41, 5.74) is 1.99. The zero-order valence-corrected chi connectivity index (χ0v) is 13.2. The highest BCUT2D eigenvalue weighted by Gasteiger charge is 2.16. The zero-order chi connectivity index (χ0) is 16.2. The molecule has 0 radical (unpaired) electrons. The molecule has 0 bridgehead atoms. The molecular formula is C16H20N4O2. The Labute approximate surface area is 129 Å². The quantitative estimate of drug-likeness (QED) is 0.899. The number of aryl methyl sites for hydroxylation is 1. The maximum Gasteiger partial charge on any atom is 0.412 e. The topological polar surface area (TPSA) is 76.1 Å². The predicted molar refractivity (Wildman–Crippen MR) is 86.4 cm³/mol. The lowest BCUT2D eigenvalue weighted by Crippen LogP contribution is -2.27. The summed E-state index contributed by atoms with van der Waals surface area (Å²) in [5.74, 6) is 0.526. The number of anilines is 3. The second-order valence-corrected chi connectivity index (χ2v) is 5.85. The molecule has 1 heterocycles. The number of aromatic nitrogens is 2. The van der Waals surface area contributed by atoms with Gasteiger partial charge in [0.15, 0.2) is 0 Å². The zero-order valence-electron chi connectivity index (χ0n) is 13.2. The number of amides is 1. The summed E-state index contributed by atoms with van der Waals surface area (Å²) in [6, 6.07) is 7.27. The van der Waals surface area contributed by atoms with Gasteiger partial charge in [-0.3, -0.25) is 5.32 Å². The third-order valence-electron chi connectivity index (χ3n) is 2.68. The average Bonchev–Trinajstić information content (AvgIpc) is 2.41. The minimum atomic E-state index is -0.523. The first kappa shape index (κ1) is 15.8. The van der Waals surface area contributed by atoms with Gasteiger partial charge in [-0.05, 0) is 57.5 Å². The van der Waals surface area contributed by atoms with Gasteiger partial charge in [0.1, 0.15) is 5.60 Å². The molecule has 0 aliphatic carbocycles. The van der Waals surface area contributed by atoms with E-state index in [0.29, 0.717) is 11.6 Å². The highest BCUT2D eigenvalue weighted by atomic mass is 16.6. The van der Waals surface area contributed by atoms with E-state index in [4.69, 9.17) is 4.74 Å². The highest BCUT2D eigenvalue weighted by Crippen LogP contribution is 2.22. The molecule has 116 valence electrons. The van der Waals surface area contributed by atoms with Crippen molar-refractivity contribution in [3.05, 3.63) is 42.2 Å². The molecule has 0 aliphatic rings. The molecule has 6 nitrogen and oxygen atoms in total. The smallest absolute Gasteiger partial charge is 0.412 e. The second kappa shape index (κ2) is 6.43. The van der Waals surface area contributed by atoms with Crippen molar-refractivity contribution < 1.29 is 9.53 Å². The fraction of sp³-hybridized carbons (Fsp3) is 0.312. The van der Waals surface area contributed by atoms with E-state index in [2.05, 4.69) is 20.6 Å². The lowest BCUT2D eigenvalue weighted by atomic mass is 10.2. The van der Waals surface area contributed by atoms with Gasteiger partial charge in [-0.15, -0.1) is 0 Å². The maximum absolute atomic E-state index is 11.7. The molecule has 0 spiro atoms. The van der Waals surface area contributed by atoms with E-state index in [1.54, 1.807) is 24.5 Å². The summed E-state index contributed by atoms with van der Waals surface area (Å²) in [7, 11) is 0. The first-order valence-corrected chi connectivity index (χ1v) is 6.98. The molecule has 2 rings (SSSR count). The van der Waals surface area contributed by atoms with E-state index >= 15 is 0 Å².